The molecular weight excluding hydrogens is 396 g/mol. The van der Waals surface area contributed by atoms with E-state index in [9.17, 15) is 19.5 Å². The summed E-state index contributed by atoms with van der Waals surface area (Å²) in [6.07, 6.45) is 3.02. The number of phenols is 1. The minimum atomic E-state index is -0.862. The van der Waals surface area contributed by atoms with Gasteiger partial charge in [-0.25, -0.2) is 9.69 Å². The van der Waals surface area contributed by atoms with Gasteiger partial charge in [-0.2, -0.15) is 0 Å². The van der Waals surface area contributed by atoms with Gasteiger partial charge in [0.05, 0.1) is 5.69 Å². The zero-order chi connectivity index (χ0) is 22.0. The molecule has 4 rings (SSSR count). The molecule has 0 unspecified atom stereocenters. The van der Waals surface area contributed by atoms with Gasteiger partial charge in [0.15, 0.2) is 0 Å². The molecule has 154 valence electrons. The standard InChI is InChI=1S/C24H18N2O5/c1-2-13-31-21-12-7-15-5-3-4-6-18(15)19(21)14-20-22(28)25-24(30)26(23(20)29)16-8-10-17(27)11-9-16/h2-12,14,27H,1,13H2,(H,25,28,30)/b20-14+. The third-order valence-electron chi connectivity index (χ3n) is 4.79. The average Bonchev–Trinajstić information content (AvgIpc) is 2.76. The molecule has 0 atom stereocenters. The molecular formula is C24H18N2O5. The van der Waals surface area contributed by atoms with Crippen molar-refractivity contribution in [3.8, 4) is 11.5 Å². The average molecular weight is 414 g/mol. The second-order valence-corrected chi connectivity index (χ2v) is 6.77. The van der Waals surface area contributed by atoms with E-state index in [1.807, 2.05) is 30.3 Å². The Morgan fingerprint density at radius 3 is 2.48 bits per heavy atom. The van der Waals surface area contributed by atoms with Gasteiger partial charge in [-0.3, -0.25) is 14.9 Å². The van der Waals surface area contributed by atoms with E-state index in [-0.39, 0.29) is 23.6 Å². The molecule has 0 saturated carbocycles. The molecule has 4 amide bonds. The number of fused-ring (bicyclic) bond motifs is 1. The summed E-state index contributed by atoms with van der Waals surface area (Å²) in [7, 11) is 0. The quantitative estimate of drug-likeness (QED) is 0.376. The molecule has 1 aliphatic heterocycles. The van der Waals surface area contributed by atoms with Crippen molar-refractivity contribution in [2.24, 2.45) is 0 Å². The number of imide groups is 2. The molecule has 1 fully saturated rings. The molecule has 7 nitrogen and oxygen atoms in total. The van der Waals surface area contributed by atoms with Crippen LogP contribution in [0.25, 0.3) is 16.8 Å². The van der Waals surface area contributed by atoms with E-state index in [0.717, 1.165) is 15.7 Å². The predicted molar refractivity (Wildman–Crippen MR) is 117 cm³/mol. The number of carbonyl (C=O) groups excluding carboxylic acids is 3. The van der Waals surface area contributed by atoms with Gasteiger partial charge in [-0.05, 0) is 47.2 Å². The SMILES string of the molecule is C=CCOc1ccc2ccccc2c1/C=C1\C(=O)NC(=O)N(c2ccc(O)cc2)C1=O. The number of benzene rings is 3. The normalized spacial score (nSPS) is 15.3. The van der Waals surface area contributed by atoms with Crippen molar-refractivity contribution in [3.05, 3.63) is 84.5 Å². The highest BCUT2D eigenvalue weighted by Gasteiger charge is 2.37. The van der Waals surface area contributed by atoms with E-state index >= 15 is 0 Å². The second kappa shape index (κ2) is 8.16. The monoisotopic (exact) mass is 414 g/mol. The Kier molecular flexibility index (Phi) is 5.24. The highest BCUT2D eigenvalue weighted by atomic mass is 16.5. The van der Waals surface area contributed by atoms with E-state index in [2.05, 4.69) is 11.9 Å². The minimum Gasteiger partial charge on any atom is -0.508 e. The number of phenolic OH excluding ortho intramolecular Hbond substituents is 1. The van der Waals surface area contributed by atoms with Gasteiger partial charge in [0, 0.05) is 5.56 Å². The number of nitrogens with one attached hydrogen (secondary N) is 1. The van der Waals surface area contributed by atoms with Crippen LogP contribution in [0.15, 0.2) is 78.9 Å². The molecule has 0 aliphatic carbocycles. The fourth-order valence-corrected chi connectivity index (χ4v) is 3.34. The lowest BCUT2D eigenvalue weighted by atomic mass is 9.99. The molecule has 1 heterocycles. The summed E-state index contributed by atoms with van der Waals surface area (Å²) in [6, 6.07) is 15.8. The zero-order valence-electron chi connectivity index (χ0n) is 16.4. The van der Waals surface area contributed by atoms with Gasteiger partial charge in [0.2, 0.25) is 0 Å². The molecule has 3 aromatic rings. The number of carbonyl (C=O) groups is 3. The maximum atomic E-state index is 13.2. The van der Waals surface area contributed by atoms with E-state index in [4.69, 9.17) is 4.74 Å². The number of amides is 4. The molecule has 0 bridgehead atoms. The number of barbiturate groups is 1. The van der Waals surface area contributed by atoms with Crippen LogP contribution in [0.4, 0.5) is 10.5 Å². The van der Waals surface area contributed by atoms with Crippen LogP contribution in [0.2, 0.25) is 0 Å². The Morgan fingerprint density at radius 2 is 1.74 bits per heavy atom. The highest BCUT2D eigenvalue weighted by Crippen LogP contribution is 2.32. The van der Waals surface area contributed by atoms with Crippen molar-refractivity contribution in [1.82, 2.24) is 5.32 Å². The molecule has 0 spiro atoms. The van der Waals surface area contributed by atoms with Crippen molar-refractivity contribution in [1.29, 1.82) is 0 Å². The fraction of sp³-hybridized carbons (Fsp3) is 0.0417. The molecule has 0 aromatic heterocycles. The summed E-state index contributed by atoms with van der Waals surface area (Å²) >= 11 is 0. The number of urea groups is 1. The van der Waals surface area contributed by atoms with Gasteiger partial charge < -0.3 is 9.84 Å². The van der Waals surface area contributed by atoms with Crippen LogP contribution >= 0.6 is 0 Å². The third kappa shape index (κ3) is 3.76. The maximum Gasteiger partial charge on any atom is 0.335 e. The molecule has 1 saturated heterocycles. The van der Waals surface area contributed by atoms with E-state index in [1.54, 1.807) is 12.1 Å². The van der Waals surface area contributed by atoms with E-state index < -0.39 is 17.8 Å². The van der Waals surface area contributed by atoms with Crippen LogP contribution in [0.1, 0.15) is 5.56 Å². The van der Waals surface area contributed by atoms with Gasteiger partial charge in [0.25, 0.3) is 11.8 Å². The van der Waals surface area contributed by atoms with Crippen LogP contribution < -0.4 is 15.0 Å². The molecule has 7 heteroatoms. The molecule has 31 heavy (non-hydrogen) atoms. The number of hydrogen-bond acceptors (Lipinski definition) is 5. The van der Waals surface area contributed by atoms with Crippen molar-refractivity contribution in [2.75, 3.05) is 11.5 Å². The Balaban J connectivity index is 1.85. The number of ether oxygens (including phenoxy) is 1. The molecule has 2 N–H and O–H groups in total. The van der Waals surface area contributed by atoms with Crippen molar-refractivity contribution < 1.29 is 24.2 Å². The Labute approximate surface area is 177 Å². The third-order valence-corrected chi connectivity index (χ3v) is 4.79. The van der Waals surface area contributed by atoms with Gasteiger partial charge in [-0.1, -0.05) is 43.0 Å². The largest absolute Gasteiger partial charge is 0.508 e. The predicted octanol–water partition coefficient (Wildman–Crippen LogP) is 3.78. The summed E-state index contributed by atoms with van der Waals surface area (Å²) < 4.78 is 5.74. The first-order valence-corrected chi connectivity index (χ1v) is 9.45. The van der Waals surface area contributed by atoms with Crippen molar-refractivity contribution in [2.45, 2.75) is 0 Å². The van der Waals surface area contributed by atoms with Gasteiger partial charge in [-0.15, -0.1) is 0 Å². The van der Waals surface area contributed by atoms with Gasteiger partial charge >= 0.3 is 6.03 Å². The minimum absolute atomic E-state index is 0.0137. The first-order chi connectivity index (χ1) is 15.0. The number of rotatable bonds is 5. The Hall–Kier alpha value is -4.39. The lowest BCUT2D eigenvalue weighted by molar-refractivity contribution is -0.122. The first-order valence-electron chi connectivity index (χ1n) is 9.45. The summed E-state index contributed by atoms with van der Waals surface area (Å²) in [5.74, 6) is -1.12. The lowest BCUT2D eigenvalue weighted by Crippen LogP contribution is -2.54. The van der Waals surface area contributed by atoms with Crippen molar-refractivity contribution >= 4 is 40.4 Å². The van der Waals surface area contributed by atoms with Crippen LogP contribution in [-0.2, 0) is 9.59 Å². The van der Waals surface area contributed by atoms with E-state index in [0.29, 0.717) is 11.3 Å². The van der Waals surface area contributed by atoms with Gasteiger partial charge in [0.1, 0.15) is 23.7 Å². The number of anilines is 1. The number of hydrogen-bond donors (Lipinski definition) is 2. The van der Waals surface area contributed by atoms with Crippen LogP contribution in [-0.4, -0.2) is 29.6 Å². The first kappa shape index (κ1) is 19.9. The van der Waals surface area contributed by atoms with E-state index in [1.165, 1.54) is 30.3 Å². The summed E-state index contributed by atoms with van der Waals surface area (Å²) in [5, 5.41) is 13.4. The van der Waals surface area contributed by atoms with Crippen LogP contribution in [0, 0.1) is 0 Å². The van der Waals surface area contributed by atoms with Crippen LogP contribution in [0.3, 0.4) is 0 Å². The number of aromatic hydroxyl groups is 1. The van der Waals surface area contributed by atoms with Crippen LogP contribution in [0.5, 0.6) is 11.5 Å². The highest BCUT2D eigenvalue weighted by molar-refractivity contribution is 6.39. The fourth-order valence-electron chi connectivity index (χ4n) is 3.34. The maximum absolute atomic E-state index is 13.2. The second-order valence-electron chi connectivity index (χ2n) is 6.77. The Bertz CT molecular complexity index is 1240. The topological polar surface area (TPSA) is 95.9 Å². The van der Waals surface area contributed by atoms with Crippen molar-refractivity contribution in [3.63, 3.8) is 0 Å². The summed E-state index contributed by atoms with van der Waals surface area (Å²) in [5.41, 5.74) is 0.547. The molecule has 0 radical (unpaired) electrons. The Morgan fingerprint density at radius 1 is 1.00 bits per heavy atom. The summed E-state index contributed by atoms with van der Waals surface area (Å²) in [6.45, 7) is 3.89. The smallest absolute Gasteiger partial charge is 0.335 e. The summed E-state index contributed by atoms with van der Waals surface area (Å²) in [4.78, 5) is 38.9. The molecule has 3 aromatic carbocycles. The molecule has 1 aliphatic rings. The lowest BCUT2D eigenvalue weighted by Gasteiger charge is -2.26. The zero-order valence-corrected chi connectivity index (χ0v) is 16.4. The number of nitrogens with zero attached hydrogens (tertiary/aromatic N) is 1.